The Kier molecular flexibility index (Phi) is 13.1. The Labute approximate surface area is 351 Å². The van der Waals surface area contributed by atoms with Gasteiger partial charge < -0.3 is 29.9 Å². The zero-order valence-corrected chi connectivity index (χ0v) is 37.0. The largest absolute Gasteiger partial charge is 0.444 e. The van der Waals surface area contributed by atoms with Crippen LogP contribution in [0.5, 0.6) is 0 Å². The van der Waals surface area contributed by atoms with E-state index >= 15 is 0 Å². The van der Waals surface area contributed by atoms with Crippen molar-refractivity contribution < 1.29 is 28.9 Å². The number of ether oxygens (including phenoxy) is 2. The van der Waals surface area contributed by atoms with Gasteiger partial charge in [-0.3, -0.25) is 29.6 Å². The van der Waals surface area contributed by atoms with Crippen LogP contribution in [0.3, 0.4) is 0 Å². The number of nitro groups is 2. The number of aryl methyl sites for hydroxylation is 2. The third-order valence-corrected chi connectivity index (χ3v) is 10.7. The number of nitro benzene ring substituents is 2. The van der Waals surface area contributed by atoms with Crippen LogP contribution >= 0.6 is 45.2 Å². The van der Waals surface area contributed by atoms with Gasteiger partial charge in [0.2, 0.25) is 0 Å². The molecule has 2 atom stereocenters. The highest BCUT2D eigenvalue weighted by Gasteiger charge is 2.33. The van der Waals surface area contributed by atoms with E-state index in [-0.39, 0.29) is 33.3 Å². The van der Waals surface area contributed by atoms with Gasteiger partial charge in [0, 0.05) is 77.8 Å². The van der Waals surface area contributed by atoms with Gasteiger partial charge in [-0.05, 0) is 112 Å². The number of carbonyl (C=O) groups is 2. The molecule has 4 heterocycles. The SMILES string of the molecule is Cn1cc2c(N3CCC[C@@H](NC(=O)OC(C)(C)C)C3)c([N+](=O)[O-])cc(I)c2n1.Cn1ncc2c(N3CCC[C@@H](NC(=O)OC(C)(C)C)C3)c([N+](=O)[O-])cc(I)c21. The van der Waals surface area contributed by atoms with Gasteiger partial charge in [-0.2, -0.15) is 10.2 Å². The third-order valence-electron chi connectivity index (χ3n) is 9.05. The number of fused-ring (bicyclic) bond motifs is 2. The van der Waals surface area contributed by atoms with Crippen molar-refractivity contribution in [3.8, 4) is 0 Å². The standard InChI is InChI=1S/2C18H24IN5O4/c1-18(2,3)28-17(25)21-11-6-5-7-23(10-11)16-12-9-20-22(4)15(12)13(19)8-14(16)24(26)27;1-18(2,3)28-17(25)20-11-6-5-7-23(9-11)16-12-10-22(4)21-15(12)13(19)8-14(16)24(26)27/h8-9,11H,5-7,10H2,1-4H3,(H,21,25);8,10-11H,5-7,9H2,1-4H3,(H,20,25)/t2*11-/m11/s1. The quantitative estimate of drug-likeness (QED) is 0.112. The molecule has 2 saturated heterocycles. The number of nitrogens with zero attached hydrogens (tertiary/aromatic N) is 8. The number of carbonyl (C=O) groups excluding carboxylic acids is 2. The van der Waals surface area contributed by atoms with Crippen molar-refractivity contribution in [1.29, 1.82) is 0 Å². The molecule has 0 aliphatic carbocycles. The predicted octanol–water partition coefficient (Wildman–Crippen LogP) is 7.16. The number of piperidine rings is 2. The van der Waals surface area contributed by atoms with Crippen LogP contribution in [0.1, 0.15) is 67.2 Å². The minimum Gasteiger partial charge on any atom is -0.444 e. The summed E-state index contributed by atoms with van der Waals surface area (Å²) in [5, 5.41) is 39.5. The topological polar surface area (TPSA) is 205 Å². The molecule has 0 saturated carbocycles. The van der Waals surface area contributed by atoms with Crippen LogP contribution in [-0.2, 0) is 23.6 Å². The summed E-state index contributed by atoms with van der Waals surface area (Å²) in [6.07, 6.45) is 5.76. The van der Waals surface area contributed by atoms with Crippen LogP contribution in [0.25, 0.3) is 21.8 Å². The fourth-order valence-corrected chi connectivity index (χ4v) is 8.64. The van der Waals surface area contributed by atoms with Crippen molar-refractivity contribution in [1.82, 2.24) is 30.2 Å². The first-order chi connectivity index (χ1) is 26.1. The Morgan fingerprint density at radius 3 is 1.73 bits per heavy atom. The number of aromatic nitrogens is 4. The number of halogens is 2. The Balaban J connectivity index is 0.000000214. The second-order valence-corrected chi connectivity index (χ2v) is 18.2. The molecule has 0 bridgehead atoms. The van der Waals surface area contributed by atoms with Crippen LogP contribution in [0.4, 0.5) is 32.3 Å². The first-order valence-electron chi connectivity index (χ1n) is 18.2. The summed E-state index contributed by atoms with van der Waals surface area (Å²) >= 11 is 4.18. The van der Waals surface area contributed by atoms with Crippen LogP contribution in [0.15, 0.2) is 24.5 Å². The number of rotatable bonds is 6. The summed E-state index contributed by atoms with van der Waals surface area (Å²) in [6, 6.07) is 2.87. The summed E-state index contributed by atoms with van der Waals surface area (Å²) in [6.45, 7) is 13.2. The lowest BCUT2D eigenvalue weighted by Gasteiger charge is -2.35. The normalized spacial score (nSPS) is 17.6. The zero-order valence-electron chi connectivity index (χ0n) is 32.7. The molecule has 6 rings (SSSR count). The maximum Gasteiger partial charge on any atom is 0.407 e. The molecule has 2 aromatic carbocycles. The van der Waals surface area contributed by atoms with E-state index in [1.165, 1.54) is 0 Å². The molecule has 2 amide bonds. The van der Waals surface area contributed by atoms with Crippen LogP contribution in [0, 0.1) is 27.4 Å². The molecule has 0 spiro atoms. The minimum absolute atomic E-state index is 0.0582. The first kappa shape index (κ1) is 42.9. The van der Waals surface area contributed by atoms with Crippen molar-refractivity contribution in [3.63, 3.8) is 0 Å². The maximum absolute atomic E-state index is 12.1. The fourth-order valence-electron chi connectivity index (χ4n) is 7.01. The van der Waals surface area contributed by atoms with Crippen molar-refractivity contribution in [3.05, 3.63) is 51.9 Å². The highest BCUT2D eigenvalue weighted by molar-refractivity contribution is 14.1. The second kappa shape index (κ2) is 17.1. The van der Waals surface area contributed by atoms with Gasteiger partial charge in [-0.15, -0.1) is 0 Å². The number of nitrogens with one attached hydrogen (secondary N) is 2. The molecule has 0 radical (unpaired) electrons. The van der Waals surface area contributed by atoms with Crippen molar-refractivity contribution in [2.24, 2.45) is 14.1 Å². The number of benzene rings is 2. The Bertz CT molecular complexity index is 2070. The van der Waals surface area contributed by atoms with Crippen molar-refractivity contribution in [2.75, 3.05) is 36.0 Å². The molecule has 4 aromatic rings. The third kappa shape index (κ3) is 10.4. The average molecular weight is 1000 g/mol. The number of anilines is 2. The molecule has 20 heteroatoms. The van der Waals surface area contributed by atoms with E-state index < -0.39 is 23.4 Å². The predicted molar refractivity (Wildman–Crippen MR) is 229 cm³/mol. The van der Waals surface area contributed by atoms with Crippen LogP contribution in [-0.4, -0.2) is 91.1 Å². The van der Waals surface area contributed by atoms with Gasteiger partial charge in [-0.25, -0.2) is 9.59 Å². The lowest BCUT2D eigenvalue weighted by Crippen LogP contribution is -2.49. The fraction of sp³-hybridized carbons (Fsp3) is 0.556. The molecule has 2 aliphatic rings. The minimum atomic E-state index is -0.574. The van der Waals surface area contributed by atoms with E-state index in [4.69, 9.17) is 9.47 Å². The Morgan fingerprint density at radius 2 is 1.27 bits per heavy atom. The van der Waals surface area contributed by atoms with Gasteiger partial charge in [-0.1, -0.05) is 0 Å². The van der Waals surface area contributed by atoms with E-state index in [1.807, 2.05) is 64.6 Å². The molecule has 2 aliphatic heterocycles. The highest BCUT2D eigenvalue weighted by atomic mass is 127. The molecular formula is C36H48I2N10O8. The van der Waals surface area contributed by atoms with Gasteiger partial charge in [0.05, 0.1) is 32.3 Å². The first-order valence-corrected chi connectivity index (χ1v) is 20.4. The van der Waals surface area contributed by atoms with E-state index in [1.54, 1.807) is 34.7 Å². The van der Waals surface area contributed by atoms with E-state index in [2.05, 4.69) is 66.0 Å². The Hall–Kier alpha value is -4.22. The van der Waals surface area contributed by atoms with Gasteiger partial charge in [0.1, 0.15) is 28.1 Å². The summed E-state index contributed by atoms with van der Waals surface area (Å²) < 4.78 is 15.6. The molecule has 304 valence electrons. The summed E-state index contributed by atoms with van der Waals surface area (Å²) in [7, 11) is 3.62. The summed E-state index contributed by atoms with van der Waals surface area (Å²) in [4.78, 5) is 51.0. The maximum atomic E-state index is 12.1. The molecular weight excluding hydrogens is 954 g/mol. The van der Waals surface area contributed by atoms with Crippen LogP contribution in [0.2, 0.25) is 0 Å². The number of amides is 2. The monoisotopic (exact) mass is 1000 g/mol. The summed E-state index contributed by atoms with van der Waals surface area (Å²) in [5.74, 6) is 0. The number of hydrogen-bond donors (Lipinski definition) is 2. The van der Waals surface area contributed by atoms with E-state index in [9.17, 15) is 29.8 Å². The smallest absolute Gasteiger partial charge is 0.407 e. The van der Waals surface area contributed by atoms with Gasteiger partial charge in [0.25, 0.3) is 11.4 Å². The van der Waals surface area contributed by atoms with E-state index in [0.29, 0.717) is 37.6 Å². The molecule has 18 nitrogen and oxygen atoms in total. The van der Waals surface area contributed by atoms with Crippen LogP contribution < -0.4 is 20.4 Å². The molecule has 2 aromatic heterocycles. The number of hydrogen-bond acceptors (Lipinski definition) is 12. The zero-order chi connectivity index (χ0) is 41.3. The molecule has 2 fully saturated rings. The molecule has 0 unspecified atom stereocenters. The average Bonchev–Trinajstić information content (AvgIpc) is 3.66. The second-order valence-electron chi connectivity index (χ2n) is 15.9. The lowest BCUT2D eigenvalue weighted by atomic mass is 10.0. The molecule has 56 heavy (non-hydrogen) atoms. The Morgan fingerprint density at radius 1 is 0.804 bits per heavy atom. The summed E-state index contributed by atoms with van der Waals surface area (Å²) in [5.41, 5.74) is 1.69. The van der Waals surface area contributed by atoms with Gasteiger partial charge >= 0.3 is 12.2 Å². The highest BCUT2D eigenvalue weighted by Crippen LogP contribution is 2.41. The lowest BCUT2D eigenvalue weighted by molar-refractivity contribution is -0.384. The molecule has 2 N–H and O–H groups in total. The van der Waals surface area contributed by atoms with Crippen molar-refractivity contribution in [2.45, 2.75) is 90.5 Å². The van der Waals surface area contributed by atoms with E-state index in [0.717, 1.165) is 54.6 Å². The number of alkyl carbamates (subject to hydrolysis) is 2. The van der Waals surface area contributed by atoms with Gasteiger partial charge in [0.15, 0.2) is 0 Å². The van der Waals surface area contributed by atoms with Crippen molar-refractivity contribution >= 4 is 102 Å².